The summed E-state index contributed by atoms with van der Waals surface area (Å²) in [6.45, 7) is 8.35. The number of carbonyl (C=O) groups excluding carboxylic acids is 2. The lowest BCUT2D eigenvalue weighted by molar-refractivity contribution is -0.115. The zero-order valence-corrected chi connectivity index (χ0v) is 54.4. The summed E-state index contributed by atoms with van der Waals surface area (Å²) in [5.74, 6) is 2.32. The fourth-order valence-electron chi connectivity index (χ4n) is 6.83. The minimum atomic E-state index is -1.92. The summed E-state index contributed by atoms with van der Waals surface area (Å²) in [5, 5.41) is 44.1. The Bertz CT molecular complexity index is 3780. The van der Waals surface area contributed by atoms with Gasteiger partial charge in [0.15, 0.2) is 11.5 Å². The van der Waals surface area contributed by atoms with Crippen molar-refractivity contribution >= 4 is 137 Å². The number of rotatable bonds is 21. The predicted molar refractivity (Wildman–Crippen MR) is 350 cm³/mol. The summed E-state index contributed by atoms with van der Waals surface area (Å²) in [5.41, 5.74) is 5.04. The smallest absolute Gasteiger partial charge is 0.316 e. The number of methoxy groups -OCH3 is 3. The molecule has 0 aliphatic heterocycles. The fraction of sp³-hybridized carbons (Fsp3) is 0.138. The number of ether oxygens (including phenoxy) is 3. The number of aromatic hydroxyl groups is 4. The number of halogens is 4. The molecule has 0 aliphatic rings. The van der Waals surface area contributed by atoms with E-state index < -0.39 is 45.1 Å². The lowest BCUT2D eigenvalue weighted by Gasteiger charge is -2.12. The molecular formula is C58H58Cl4N6O17S4. The van der Waals surface area contributed by atoms with Crippen molar-refractivity contribution in [2.45, 2.75) is 34.6 Å². The van der Waals surface area contributed by atoms with Crippen LogP contribution in [0.2, 0.25) is 20.1 Å². The average molecular weight is 1380 g/mol. The Morgan fingerprint density at radius 2 is 0.685 bits per heavy atom. The van der Waals surface area contributed by atoms with E-state index in [0.29, 0.717) is 63.0 Å². The SMILES string of the molecule is COc1cc(NS(=O)Oc2ccc(NC(C)=O)cc2)c(O)cc1C.COc1cc(O)c(NS(=O)Oc2ccc(NC(C)=O)cc2)cc1C.COc1ccc(OS(=O)Nc2cc(Cl)c(O)c(Cl)c2)cc1.Cc1ccc(OS(=O)Nc2cc(Cl)c(O)c(Cl)c2)cc1. The minimum absolute atomic E-state index is 0.0476. The highest BCUT2D eigenvalue weighted by Gasteiger charge is 2.15. The Labute approximate surface area is 542 Å². The lowest BCUT2D eigenvalue weighted by atomic mass is 10.2. The van der Waals surface area contributed by atoms with Gasteiger partial charge in [0.05, 0.1) is 64.2 Å². The van der Waals surface area contributed by atoms with Crippen molar-refractivity contribution in [1.82, 2.24) is 0 Å². The van der Waals surface area contributed by atoms with Crippen molar-refractivity contribution in [3.8, 4) is 63.2 Å². The number of carbonyl (C=O) groups is 2. The summed E-state index contributed by atoms with van der Waals surface area (Å²) in [4.78, 5) is 21.9. The molecule has 0 heterocycles. The van der Waals surface area contributed by atoms with Crippen LogP contribution >= 0.6 is 46.4 Å². The number of hydrogen-bond donors (Lipinski definition) is 10. The molecule has 89 heavy (non-hydrogen) atoms. The van der Waals surface area contributed by atoms with Gasteiger partial charge in [0, 0.05) is 37.4 Å². The van der Waals surface area contributed by atoms with Crippen LogP contribution in [0.15, 0.2) is 146 Å². The Morgan fingerprint density at radius 3 is 1.04 bits per heavy atom. The molecule has 0 saturated heterocycles. The molecule has 8 aromatic rings. The van der Waals surface area contributed by atoms with Crippen molar-refractivity contribution in [2.75, 3.05) is 50.9 Å². The molecule has 10 N–H and O–H groups in total. The Morgan fingerprint density at radius 1 is 0.382 bits per heavy atom. The van der Waals surface area contributed by atoms with Crippen LogP contribution in [0.5, 0.6) is 63.2 Å². The van der Waals surface area contributed by atoms with E-state index in [0.717, 1.165) is 16.7 Å². The van der Waals surface area contributed by atoms with E-state index in [1.165, 1.54) is 70.5 Å². The van der Waals surface area contributed by atoms with E-state index in [1.54, 1.807) is 112 Å². The first kappa shape index (κ1) is 71.2. The number of anilines is 6. The monoisotopic (exact) mass is 1380 g/mol. The first-order chi connectivity index (χ1) is 42.2. The highest BCUT2D eigenvalue weighted by atomic mass is 35.5. The number of phenols is 4. The first-order valence-corrected chi connectivity index (χ1v) is 31.1. The molecule has 0 fully saturated rings. The highest BCUT2D eigenvalue weighted by Crippen LogP contribution is 2.37. The van der Waals surface area contributed by atoms with Crippen molar-refractivity contribution in [3.05, 3.63) is 182 Å². The quantitative estimate of drug-likeness (QED) is 0.0236. The van der Waals surface area contributed by atoms with E-state index in [2.05, 4.69) is 29.5 Å². The summed E-state index contributed by atoms with van der Waals surface area (Å²) in [6, 6.07) is 38.2. The lowest BCUT2D eigenvalue weighted by Crippen LogP contribution is -2.11. The van der Waals surface area contributed by atoms with Crippen LogP contribution in [0.1, 0.15) is 30.5 Å². The van der Waals surface area contributed by atoms with Crippen LogP contribution in [0.25, 0.3) is 0 Å². The zero-order valence-electron chi connectivity index (χ0n) is 48.1. The maximum absolute atomic E-state index is 12.0. The summed E-state index contributed by atoms with van der Waals surface area (Å²) >= 11 is 15.6. The van der Waals surface area contributed by atoms with Crippen LogP contribution in [-0.2, 0) is 54.7 Å². The summed E-state index contributed by atoms with van der Waals surface area (Å²) in [7, 11) is 4.56. The van der Waals surface area contributed by atoms with Crippen LogP contribution in [-0.4, -0.2) is 70.4 Å². The van der Waals surface area contributed by atoms with Gasteiger partial charge in [-0.15, -0.1) is 0 Å². The minimum Gasteiger partial charge on any atom is -0.506 e. The van der Waals surface area contributed by atoms with Crippen LogP contribution in [0, 0.1) is 20.8 Å². The van der Waals surface area contributed by atoms with E-state index in [-0.39, 0.29) is 66.3 Å². The van der Waals surface area contributed by atoms with Crippen LogP contribution in [0.4, 0.5) is 34.1 Å². The second-order valence-corrected chi connectivity index (χ2v) is 22.8. The van der Waals surface area contributed by atoms with Gasteiger partial charge in [-0.25, -0.2) is 0 Å². The molecule has 0 aliphatic carbocycles. The predicted octanol–water partition coefficient (Wildman–Crippen LogP) is 13.3. The third-order valence-corrected chi connectivity index (χ3v) is 15.1. The molecule has 31 heteroatoms. The Balaban J connectivity index is 0.000000217. The largest absolute Gasteiger partial charge is 0.506 e. The molecular weight excluding hydrogens is 1320 g/mol. The van der Waals surface area contributed by atoms with E-state index in [9.17, 15) is 46.9 Å². The third kappa shape index (κ3) is 23.8. The van der Waals surface area contributed by atoms with Gasteiger partial charge in [0.1, 0.15) is 51.7 Å². The standard InChI is InChI=1S/2C16H18N2O5S.C13H11Cl2NO4S.C13H11Cl2NO3S/c1-10-8-15(20)14(9-16(10)22-3)18-24(21)23-13-6-4-12(5-7-13)17-11(2)19;1-10-8-14(15(20)9-16(10)22-3)18-24(21)23-13-6-4-12(5-7-13)17-11(2)19;1-19-9-2-4-10(5-3-9)20-21(18)16-8-6-11(14)13(17)12(15)7-8;1-8-2-4-10(5-3-8)19-20(18)16-9-6-11(14)13(17)12(15)7-9/h2*4-9,18,20H,1-3H3,(H,17,19);2-7,16-17H,1H3;2-7,16-17H,1H3. The number of hydrogen-bond acceptors (Lipinski definition) is 17. The van der Waals surface area contributed by atoms with Gasteiger partial charge in [0.25, 0.3) is 0 Å². The number of phenolic OH excluding ortho intramolecular Hbond substituents is 4. The normalized spacial score (nSPS) is 11.6. The molecule has 4 unspecified atom stereocenters. The van der Waals surface area contributed by atoms with Gasteiger partial charge < -0.3 is 62.0 Å². The molecule has 474 valence electrons. The topological polar surface area (TPSA) is 320 Å². The number of benzene rings is 8. The van der Waals surface area contributed by atoms with E-state index in [4.69, 9.17) is 77.3 Å². The average Bonchev–Trinajstić information content (AvgIpc) is 2.71. The van der Waals surface area contributed by atoms with Crippen molar-refractivity contribution < 1.29 is 77.8 Å². The second kappa shape index (κ2) is 34.9. The molecule has 8 rings (SSSR count). The molecule has 23 nitrogen and oxygen atoms in total. The molecule has 8 aromatic carbocycles. The molecule has 0 radical (unpaired) electrons. The zero-order chi connectivity index (χ0) is 65.5. The summed E-state index contributed by atoms with van der Waals surface area (Å²) < 4.78 is 94.1. The van der Waals surface area contributed by atoms with Gasteiger partial charge >= 0.3 is 45.1 Å². The highest BCUT2D eigenvalue weighted by molar-refractivity contribution is 7.82. The van der Waals surface area contributed by atoms with Gasteiger partial charge in [-0.05, 0) is 153 Å². The first-order valence-electron chi connectivity index (χ1n) is 25.3. The number of amides is 2. The van der Waals surface area contributed by atoms with Crippen molar-refractivity contribution in [2.24, 2.45) is 0 Å². The van der Waals surface area contributed by atoms with Gasteiger partial charge in [-0.3, -0.25) is 28.5 Å². The number of aryl methyl sites for hydroxylation is 3. The number of nitrogens with one attached hydrogen (secondary N) is 6. The van der Waals surface area contributed by atoms with Gasteiger partial charge in [0.2, 0.25) is 11.8 Å². The molecule has 0 bridgehead atoms. The van der Waals surface area contributed by atoms with Crippen molar-refractivity contribution in [1.29, 1.82) is 0 Å². The Hall–Kier alpha value is -8.54. The van der Waals surface area contributed by atoms with Gasteiger partial charge in [-0.2, -0.15) is 16.8 Å². The van der Waals surface area contributed by atoms with Crippen LogP contribution < -0.4 is 60.5 Å². The van der Waals surface area contributed by atoms with Crippen molar-refractivity contribution in [3.63, 3.8) is 0 Å². The van der Waals surface area contributed by atoms with E-state index >= 15 is 0 Å². The molecule has 0 aromatic heterocycles. The van der Waals surface area contributed by atoms with E-state index in [1.807, 2.05) is 19.1 Å². The molecule has 4 atom stereocenters. The maximum Gasteiger partial charge on any atom is 0.316 e. The van der Waals surface area contributed by atoms with Crippen LogP contribution in [0.3, 0.4) is 0 Å². The maximum atomic E-state index is 12.0. The second-order valence-electron chi connectivity index (χ2n) is 17.8. The molecule has 0 saturated carbocycles. The Kier molecular flexibility index (Phi) is 27.9. The molecule has 0 spiro atoms. The summed E-state index contributed by atoms with van der Waals surface area (Å²) in [6.07, 6.45) is 0. The van der Waals surface area contributed by atoms with Gasteiger partial charge in [-0.1, -0.05) is 64.1 Å². The fourth-order valence-corrected chi connectivity index (χ4v) is 10.4. The third-order valence-electron chi connectivity index (χ3n) is 11.0. The molecule has 2 amide bonds.